The monoisotopic (exact) mass is 1470 g/mol. The summed E-state index contributed by atoms with van der Waals surface area (Å²) in [6.45, 7) is 0. The average molecular weight is 1470 g/mol. The van der Waals surface area contributed by atoms with Gasteiger partial charge < -0.3 is 17.7 Å². The third kappa shape index (κ3) is 9.62. The Morgan fingerprint density at radius 1 is 0.129 bits per heavy atom. The van der Waals surface area contributed by atoms with Gasteiger partial charge in [0.2, 0.25) is 0 Å². The summed E-state index contributed by atoms with van der Waals surface area (Å²) < 4.78 is 26.9. The Kier molecular flexibility index (Phi) is 13.9. The second-order valence-corrected chi connectivity index (χ2v) is 31.0. The van der Waals surface area contributed by atoms with Crippen molar-refractivity contribution in [2.45, 2.75) is 0 Å². The largest absolute Gasteiger partial charge is 0.456 e. The van der Waals surface area contributed by atoms with Crippen LogP contribution in [0, 0.1) is 0 Å². The fourth-order valence-electron chi connectivity index (χ4n) is 19.8. The minimum absolute atomic E-state index is 0.893. The van der Waals surface area contributed by atoms with E-state index in [9.17, 15) is 0 Å². The zero-order valence-electron chi connectivity index (χ0n) is 62.6. The molecule has 0 aliphatic rings. The first-order chi connectivity index (χ1) is 57.5. The molecule has 0 unspecified atom stereocenters. The van der Waals surface area contributed by atoms with E-state index in [4.69, 9.17) is 17.7 Å². The van der Waals surface area contributed by atoms with E-state index in [0.717, 1.165) is 121 Å². The van der Waals surface area contributed by atoms with E-state index in [1.54, 1.807) is 0 Å². The maximum absolute atomic E-state index is 6.85. The molecule has 4 nitrogen and oxygen atoms in total. The summed E-state index contributed by atoms with van der Waals surface area (Å²) in [5, 5.41) is 32.9. The molecule has 0 amide bonds. The molecule has 0 fully saturated rings. The van der Waals surface area contributed by atoms with Crippen LogP contribution in [0.5, 0.6) is 0 Å². The highest BCUT2D eigenvalue weighted by molar-refractivity contribution is 6.31. The first-order valence-corrected chi connectivity index (χ1v) is 39.8. The van der Waals surface area contributed by atoms with Crippen LogP contribution in [0.25, 0.3) is 262 Å². The summed E-state index contributed by atoms with van der Waals surface area (Å²) in [5.74, 6) is 0. The van der Waals surface area contributed by atoms with Crippen molar-refractivity contribution >= 4 is 195 Å². The number of furan rings is 4. The molecule has 0 bridgehead atoms. The van der Waals surface area contributed by atoms with Crippen molar-refractivity contribution < 1.29 is 17.7 Å². The van der Waals surface area contributed by atoms with Crippen LogP contribution in [0.2, 0.25) is 0 Å². The maximum atomic E-state index is 6.85. The van der Waals surface area contributed by atoms with E-state index in [-0.39, 0.29) is 0 Å². The van der Waals surface area contributed by atoms with E-state index >= 15 is 0 Å². The summed E-state index contributed by atoms with van der Waals surface area (Å²) in [4.78, 5) is 0. The van der Waals surface area contributed by atoms with Crippen LogP contribution >= 0.6 is 0 Å². The summed E-state index contributed by atoms with van der Waals surface area (Å²) in [6.07, 6.45) is 0. The minimum atomic E-state index is 0.893. The molecule has 536 valence electrons. The predicted octanol–water partition coefficient (Wildman–Crippen LogP) is 32.5. The van der Waals surface area contributed by atoms with Crippen LogP contribution in [0.3, 0.4) is 0 Å². The number of rotatable bonds is 6. The lowest BCUT2D eigenvalue weighted by Crippen LogP contribution is -1.92. The molecule has 0 saturated heterocycles. The summed E-state index contributed by atoms with van der Waals surface area (Å²) in [5.41, 5.74) is 21.3. The van der Waals surface area contributed by atoms with Crippen molar-refractivity contribution in [1.29, 1.82) is 0 Å². The van der Waals surface area contributed by atoms with Crippen molar-refractivity contribution in [3.8, 4) is 66.8 Å². The molecule has 22 aromatic carbocycles. The lowest BCUT2D eigenvalue weighted by atomic mass is 9.83. The predicted molar refractivity (Wildman–Crippen MR) is 490 cm³/mol. The number of hydrogen-bond donors (Lipinski definition) is 0. The van der Waals surface area contributed by atoms with Gasteiger partial charge in [-0.2, -0.15) is 0 Å². The van der Waals surface area contributed by atoms with Gasteiger partial charge in [-0.15, -0.1) is 0 Å². The van der Waals surface area contributed by atoms with Crippen molar-refractivity contribution in [3.63, 3.8) is 0 Å². The second-order valence-electron chi connectivity index (χ2n) is 31.0. The molecular formula is C112H64O4. The Morgan fingerprint density at radius 3 is 0.776 bits per heavy atom. The molecule has 0 atom stereocenters. The molecule has 4 heterocycles. The Labute approximate surface area is 663 Å². The van der Waals surface area contributed by atoms with Crippen molar-refractivity contribution in [3.05, 3.63) is 388 Å². The summed E-state index contributed by atoms with van der Waals surface area (Å²) in [6, 6.07) is 141. The molecule has 0 saturated carbocycles. The third-order valence-electron chi connectivity index (χ3n) is 24.8. The van der Waals surface area contributed by atoms with E-state index in [0.29, 0.717) is 0 Å². The molecular weight excluding hydrogens is 1410 g/mol. The van der Waals surface area contributed by atoms with Crippen LogP contribution < -0.4 is 0 Å². The standard InChI is InChI=1S/2C56H32O2/c1-2-14-34-29-37(28-27-33(34)13-1)52-40-21-11-23-42(53-38-17-5-3-15-35(38)30-50-55(53)44-19-7-9-25-48(44)57-50)46(40)32-47-41(52)22-12-24-43(47)54-39-18-6-4-16-36(39)31-51-56(54)45-20-8-10-26-49(45)58-51;1-2-14-34-29-37(28-27-33(34)13-1)52-42-21-11-23-44(53-38-17-5-3-15-35(38)30-48-40-19-7-9-25-50(40)57-55(48)53)46(42)32-47-43(52)22-12-24-45(47)54-39-18-6-4-16-36(39)31-49-41-20-8-10-26-51(41)58-56(49)54/h2*1-32H. The zero-order chi connectivity index (χ0) is 75.8. The molecule has 0 aliphatic carbocycles. The number of para-hydroxylation sites is 4. The molecule has 0 radical (unpaired) electrons. The average Bonchev–Trinajstić information content (AvgIpc) is 0.947. The Hall–Kier alpha value is -15.4. The van der Waals surface area contributed by atoms with Gasteiger partial charge in [-0.1, -0.05) is 315 Å². The van der Waals surface area contributed by atoms with E-state index < -0.39 is 0 Å². The Balaban J connectivity index is 0.000000130. The maximum Gasteiger partial charge on any atom is 0.143 e. The third-order valence-corrected chi connectivity index (χ3v) is 24.8. The SMILES string of the molecule is c1ccc2cc(-c3c4cccc(-c5c6ccccc6cc6c5oc5ccccc56)c4cc4c(-c5c6ccccc6cc6c5oc5ccccc56)cccc34)ccc2c1.c1ccc2cc(-c3c4cccc(-c5c6ccccc6cc6oc7ccccc7c56)c4cc4c(-c5c6ccccc6cc6oc7ccccc7c56)cccc34)ccc2c1. The molecule has 116 heavy (non-hydrogen) atoms. The summed E-state index contributed by atoms with van der Waals surface area (Å²) >= 11 is 0. The van der Waals surface area contributed by atoms with Gasteiger partial charge in [0.15, 0.2) is 0 Å². The number of benzene rings is 22. The van der Waals surface area contributed by atoms with Gasteiger partial charge in [0, 0.05) is 65.3 Å². The van der Waals surface area contributed by atoms with Gasteiger partial charge in [-0.05, 0) is 225 Å². The van der Waals surface area contributed by atoms with Gasteiger partial charge in [0.1, 0.15) is 44.7 Å². The molecule has 4 heteroatoms. The Morgan fingerprint density at radius 2 is 0.405 bits per heavy atom. The topological polar surface area (TPSA) is 52.6 Å². The molecule has 26 aromatic rings. The molecule has 0 spiro atoms. The van der Waals surface area contributed by atoms with Crippen LogP contribution in [0.4, 0.5) is 0 Å². The van der Waals surface area contributed by atoms with Crippen molar-refractivity contribution in [2.75, 3.05) is 0 Å². The van der Waals surface area contributed by atoms with Crippen LogP contribution in [0.1, 0.15) is 0 Å². The van der Waals surface area contributed by atoms with E-state index in [1.165, 1.54) is 141 Å². The Bertz CT molecular complexity index is 8320. The normalized spacial score (nSPS) is 12.1. The van der Waals surface area contributed by atoms with Crippen molar-refractivity contribution in [2.24, 2.45) is 0 Å². The van der Waals surface area contributed by atoms with Crippen molar-refractivity contribution in [1.82, 2.24) is 0 Å². The van der Waals surface area contributed by atoms with Crippen LogP contribution in [-0.2, 0) is 0 Å². The van der Waals surface area contributed by atoms with Gasteiger partial charge in [-0.3, -0.25) is 0 Å². The van der Waals surface area contributed by atoms with E-state index in [2.05, 4.69) is 388 Å². The second kappa shape index (κ2) is 25.1. The first kappa shape index (κ1) is 64.3. The number of fused-ring (bicyclic) bond motifs is 22. The zero-order valence-corrected chi connectivity index (χ0v) is 62.6. The first-order valence-electron chi connectivity index (χ1n) is 39.8. The van der Waals surface area contributed by atoms with Gasteiger partial charge in [-0.25, -0.2) is 0 Å². The molecule has 26 rings (SSSR count). The van der Waals surface area contributed by atoms with Gasteiger partial charge in [0.25, 0.3) is 0 Å². The number of hydrogen-bond acceptors (Lipinski definition) is 4. The van der Waals surface area contributed by atoms with Crippen LogP contribution in [-0.4, -0.2) is 0 Å². The van der Waals surface area contributed by atoms with E-state index in [1.807, 2.05) is 0 Å². The van der Waals surface area contributed by atoms with Crippen LogP contribution in [0.15, 0.2) is 406 Å². The van der Waals surface area contributed by atoms with Gasteiger partial charge in [0.05, 0.1) is 0 Å². The fourth-order valence-corrected chi connectivity index (χ4v) is 19.8. The quantitative estimate of drug-likeness (QED) is 0.156. The lowest BCUT2D eigenvalue weighted by Gasteiger charge is -2.19. The smallest absolute Gasteiger partial charge is 0.143 e. The highest BCUT2D eigenvalue weighted by atomic mass is 16.3. The highest BCUT2D eigenvalue weighted by Crippen LogP contribution is 2.54. The minimum Gasteiger partial charge on any atom is -0.456 e. The molecule has 0 aliphatic heterocycles. The fraction of sp³-hybridized carbons (Fsp3) is 0. The molecule has 4 aromatic heterocycles. The molecule has 0 N–H and O–H groups in total. The lowest BCUT2D eigenvalue weighted by molar-refractivity contribution is 0.669. The summed E-state index contributed by atoms with van der Waals surface area (Å²) in [7, 11) is 0. The van der Waals surface area contributed by atoms with Gasteiger partial charge >= 0.3 is 0 Å². The highest BCUT2D eigenvalue weighted by Gasteiger charge is 2.27.